The number of nitro benzene ring substituents is 1. The van der Waals surface area contributed by atoms with E-state index in [2.05, 4.69) is 5.32 Å². The first-order chi connectivity index (χ1) is 6.15. The standard InChI is InChI=1S/C7H4ClN2O3/c8-5-1-2-6(9-4-11)7(3-5)10(12)13/h1-3H,(H,9,11). The Hall–Kier alpha value is -1.62. The average Bonchev–Trinajstić information content (AvgIpc) is 2.08. The number of hydrogen-bond acceptors (Lipinski definition) is 3. The molecule has 0 saturated heterocycles. The number of nitro groups is 1. The van der Waals surface area contributed by atoms with E-state index < -0.39 is 4.92 Å². The van der Waals surface area contributed by atoms with Crippen LogP contribution in [-0.4, -0.2) is 11.3 Å². The number of halogens is 1. The minimum atomic E-state index is -0.633. The summed E-state index contributed by atoms with van der Waals surface area (Å²) in [6.07, 6.45) is 1.35. The SMILES string of the molecule is O=[C]Nc1ccc(Cl)cc1[N+](=O)[O-]. The van der Waals surface area contributed by atoms with Crippen LogP contribution in [0.4, 0.5) is 11.4 Å². The summed E-state index contributed by atoms with van der Waals surface area (Å²) >= 11 is 5.53. The fourth-order valence-electron chi connectivity index (χ4n) is 0.817. The molecule has 0 aliphatic carbocycles. The van der Waals surface area contributed by atoms with Crippen LogP contribution in [0.25, 0.3) is 0 Å². The molecule has 1 aromatic carbocycles. The van der Waals surface area contributed by atoms with Gasteiger partial charge < -0.3 is 5.32 Å². The predicted octanol–water partition coefficient (Wildman–Crippen LogP) is 1.73. The van der Waals surface area contributed by atoms with E-state index in [0.717, 1.165) is 6.07 Å². The van der Waals surface area contributed by atoms with E-state index in [1.165, 1.54) is 18.5 Å². The fraction of sp³-hybridized carbons (Fsp3) is 0. The Balaban J connectivity index is 3.17. The van der Waals surface area contributed by atoms with Crippen molar-refractivity contribution in [3.8, 4) is 0 Å². The lowest BCUT2D eigenvalue weighted by Gasteiger charge is -1.99. The minimum Gasteiger partial charge on any atom is -0.312 e. The number of hydrogen-bond donors (Lipinski definition) is 1. The zero-order chi connectivity index (χ0) is 9.84. The molecule has 0 spiro atoms. The molecule has 0 saturated carbocycles. The van der Waals surface area contributed by atoms with Gasteiger partial charge in [0, 0.05) is 11.1 Å². The van der Waals surface area contributed by atoms with Crippen LogP contribution in [0, 0.1) is 10.1 Å². The molecule has 0 aliphatic rings. The second-order valence-corrected chi connectivity index (χ2v) is 2.58. The molecule has 0 heterocycles. The van der Waals surface area contributed by atoms with Crippen LogP contribution < -0.4 is 5.32 Å². The number of nitrogens with zero attached hydrogens (tertiary/aromatic N) is 1. The van der Waals surface area contributed by atoms with Gasteiger partial charge in [-0.2, -0.15) is 0 Å². The first-order valence-electron chi connectivity index (χ1n) is 3.22. The third kappa shape index (κ3) is 2.16. The topological polar surface area (TPSA) is 72.2 Å². The maximum atomic E-state index is 10.4. The van der Waals surface area contributed by atoms with Crippen molar-refractivity contribution in [2.24, 2.45) is 0 Å². The van der Waals surface area contributed by atoms with Crippen molar-refractivity contribution in [1.82, 2.24) is 0 Å². The molecule has 1 aromatic rings. The molecular formula is C7H4ClN2O3. The minimum absolute atomic E-state index is 0.0735. The summed E-state index contributed by atoms with van der Waals surface area (Å²) in [5, 5.41) is 12.7. The number of rotatable bonds is 3. The van der Waals surface area contributed by atoms with Gasteiger partial charge in [0.15, 0.2) is 0 Å². The first kappa shape index (κ1) is 9.47. The van der Waals surface area contributed by atoms with Crippen LogP contribution in [0.2, 0.25) is 5.02 Å². The molecule has 0 atom stereocenters. The van der Waals surface area contributed by atoms with Crippen molar-refractivity contribution in [3.05, 3.63) is 33.3 Å². The van der Waals surface area contributed by atoms with Crippen LogP contribution in [-0.2, 0) is 4.79 Å². The van der Waals surface area contributed by atoms with Crippen LogP contribution in [0.1, 0.15) is 0 Å². The molecule has 1 rings (SSSR count). The van der Waals surface area contributed by atoms with Crippen LogP contribution >= 0.6 is 11.6 Å². The van der Waals surface area contributed by atoms with E-state index in [4.69, 9.17) is 11.6 Å². The van der Waals surface area contributed by atoms with Gasteiger partial charge in [-0.3, -0.25) is 14.9 Å². The van der Waals surface area contributed by atoms with Crippen LogP contribution in [0.15, 0.2) is 18.2 Å². The Kier molecular flexibility index (Phi) is 2.81. The molecule has 1 amide bonds. The van der Waals surface area contributed by atoms with Gasteiger partial charge in [0.25, 0.3) is 5.69 Å². The molecule has 13 heavy (non-hydrogen) atoms. The molecular weight excluding hydrogens is 196 g/mol. The third-order valence-corrected chi connectivity index (χ3v) is 1.58. The van der Waals surface area contributed by atoms with Gasteiger partial charge in [-0.15, -0.1) is 0 Å². The molecule has 0 fully saturated rings. The molecule has 0 aliphatic heterocycles. The molecule has 0 aromatic heterocycles. The molecule has 5 nitrogen and oxygen atoms in total. The van der Waals surface area contributed by atoms with Gasteiger partial charge in [0.1, 0.15) is 5.69 Å². The van der Waals surface area contributed by atoms with Gasteiger partial charge in [0.05, 0.1) is 4.92 Å². The maximum absolute atomic E-state index is 10.4. The molecule has 6 heteroatoms. The van der Waals surface area contributed by atoms with Crippen molar-refractivity contribution in [1.29, 1.82) is 0 Å². The van der Waals surface area contributed by atoms with E-state index in [9.17, 15) is 14.9 Å². The Labute approximate surface area is 78.5 Å². The van der Waals surface area contributed by atoms with E-state index in [1.807, 2.05) is 0 Å². The zero-order valence-electron chi connectivity index (χ0n) is 6.28. The Morgan fingerprint density at radius 3 is 2.77 bits per heavy atom. The molecule has 67 valence electrons. The highest BCUT2D eigenvalue weighted by Crippen LogP contribution is 2.26. The maximum Gasteiger partial charge on any atom is 0.314 e. The Bertz CT molecular complexity index is 354. The molecule has 0 bridgehead atoms. The summed E-state index contributed by atoms with van der Waals surface area (Å²) in [6.45, 7) is 0. The summed E-state index contributed by atoms with van der Waals surface area (Å²) in [7, 11) is 0. The van der Waals surface area contributed by atoms with Crippen molar-refractivity contribution in [2.45, 2.75) is 0 Å². The normalized spacial score (nSPS) is 9.31. The number of nitrogens with one attached hydrogen (secondary N) is 1. The van der Waals surface area contributed by atoms with E-state index in [0.29, 0.717) is 0 Å². The molecule has 0 unspecified atom stereocenters. The second kappa shape index (κ2) is 3.86. The van der Waals surface area contributed by atoms with Crippen molar-refractivity contribution in [3.63, 3.8) is 0 Å². The van der Waals surface area contributed by atoms with Gasteiger partial charge in [0.2, 0.25) is 0 Å². The largest absolute Gasteiger partial charge is 0.314 e. The summed E-state index contributed by atoms with van der Waals surface area (Å²) < 4.78 is 0. The van der Waals surface area contributed by atoms with Gasteiger partial charge >= 0.3 is 6.41 Å². The van der Waals surface area contributed by atoms with E-state index in [1.54, 1.807) is 0 Å². The van der Waals surface area contributed by atoms with E-state index >= 15 is 0 Å². The summed E-state index contributed by atoms with van der Waals surface area (Å²) in [4.78, 5) is 19.7. The van der Waals surface area contributed by atoms with E-state index in [-0.39, 0.29) is 16.4 Å². The molecule has 1 radical (unpaired) electrons. The van der Waals surface area contributed by atoms with Gasteiger partial charge in [-0.25, -0.2) is 0 Å². The van der Waals surface area contributed by atoms with Crippen molar-refractivity contribution >= 4 is 29.4 Å². The highest BCUT2D eigenvalue weighted by molar-refractivity contribution is 6.30. The monoisotopic (exact) mass is 199 g/mol. The smallest absolute Gasteiger partial charge is 0.312 e. The highest BCUT2D eigenvalue weighted by atomic mass is 35.5. The number of benzene rings is 1. The Morgan fingerprint density at radius 1 is 1.54 bits per heavy atom. The van der Waals surface area contributed by atoms with Crippen LogP contribution in [0.5, 0.6) is 0 Å². The van der Waals surface area contributed by atoms with Gasteiger partial charge in [-0.1, -0.05) is 11.6 Å². The number of amides is 1. The lowest BCUT2D eigenvalue weighted by atomic mass is 10.3. The fourth-order valence-corrected chi connectivity index (χ4v) is 0.983. The van der Waals surface area contributed by atoms with Crippen molar-refractivity contribution in [2.75, 3.05) is 5.32 Å². The third-order valence-electron chi connectivity index (χ3n) is 1.34. The lowest BCUT2D eigenvalue weighted by molar-refractivity contribution is -0.383. The van der Waals surface area contributed by atoms with Crippen LogP contribution in [0.3, 0.4) is 0 Å². The predicted molar refractivity (Wildman–Crippen MR) is 47.4 cm³/mol. The highest BCUT2D eigenvalue weighted by Gasteiger charge is 2.13. The zero-order valence-corrected chi connectivity index (χ0v) is 7.04. The summed E-state index contributed by atoms with van der Waals surface area (Å²) in [5.41, 5.74) is -0.180. The second-order valence-electron chi connectivity index (χ2n) is 2.15. The van der Waals surface area contributed by atoms with Crippen molar-refractivity contribution < 1.29 is 9.72 Å². The first-order valence-corrected chi connectivity index (χ1v) is 3.60. The molecule has 1 N–H and O–H groups in total. The summed E-state index contributed by atoms with van der Waals surface area (Å²) in [6, 6.07) is 3.93. The number of carbonyl (C=O) groups excluding carboxylic acids is 1. The van der Waals surface area contributed by atoms with Gasteiger partial charge in [-0.05, 0) is 12.1 Å². The summed E-state index contributed by atoms with van der Waals surface area (Å²) in [5.74, 6) is 0. The number of anilines is 1. The average molecular weight is 200 g/mol. The Morgan fingerprint density at radius 2 is 2.23 bits per heavy atom. The lowest BCUT2D eigenvalue weighted by Crippen LogP contribution is -1.98. The quantitative estimate of drug-likeness (QED) is 0.458.